The maximum Gasteiger partial charge on any atom is 0.269 e. The maximum atomic E-state index is 10.7. The maximum absolute atomic E-state index is 10.7. The summed E-state index contributed by atoms with van der Waals surface area (Å²) in [5, 5.41) is 18.5. The molecule has 1 heterocycles. The van der Waals surface area contributed by atoms with E-state index in [0.717, 1.165) is 17.2 Å². The summed E-state index contributed by atoms with van der Waals surface area (Å²) in [6, 6.07) is 15.9. The summed E-state index contributed by atoms with van der Waals surface area (Å²) in [7, 11) is 0. The van der Waals surface area contributed by atoms with Crippen LogP contribution in [0.3, 0.4) is 0 Å². The second-order valence-electron chi connectivity index (χ2n) is 4.51. The molecule has 22 heavy (non-hydrogen) atoms. The van der Waals surface area contributed by atoms with Gasteiger partial charge in [-0.2, -0.15) is 10.2 Å². The van der Waals surface area contributed by atoms with Crippen LogP contribution in [0, 0.1) is 10.1 Å². The summed E-state index contributed by atoms with van der Waals surface area (Å²) in [4.78, 5) is 10.3. The van der Waals surface area contributed by atoms with Crippen LogP contribution >= 0.6 is 12.4 Å². The first kappa shape index (κ1) is 15.6. The number of nitro groups is 1. The third kappa shape index (κ3) is 2.94. The first-order valence-corrected chi connectivity index (χ1v) is 6.37. The van der Waals surface area contributed by atoms with Crippen molar-refractivity contribution in [3.8, 4) is 0 Å². The zero-order valence-corrected chi connectivity index (χ0v) is 12.5. The van der Waals surface area contributed by atoms with Gasteiger partial charge in [-0.3, -0.25) is 15.5 Å². The van der Waals surface area contributed by atoms with Gasteiger partial charge >= 0.3 is 0 Å². The molecule has 0 saturated carbocycles. The molecule has 1 aliphatic heterocycles. The first-order valence-electron chi connectivity index (χ1n) is 6.37. The Morgan fingerprint density at radius 3 is 2.27 bits per heavy atom. The molecule has 0 bridgehead atoms. The fourth-order valence-corrected chi connectivity index (χ4v) is 2.03. The van der Waals surface area contributed by atoms with E-state index in [9.17, 15) is 10.1 Å². The van der Waals surface area contributed by atoms with Crippen LogP contribution in [0.4, 0.5) is 17.1 Å². The molecular formula is C14H14ClN5O2. The molecule has 0 spiro atoms. The van der Waals surface area contributed by atoms with Gasteiger partial charge in [-0.05, 0) is 31.2 Å². The predicted molar refractivity (Wildman–Crippen MR) is 88.0 cm³/mol. The average molecular weight is 320 g/mol. The van der Waals surface area contributed by atoms with E-state index in [1.807, 2.05) is 37.3 Å². The Labute approximate surface area is 133 Å². The second kappa shape index (κ2) is 6.31. The number of anilines is 2. The van der Waals surface area contributed by atoms with Gasteiger partial charge in [-0.15, -0.1) is 17.5 Å². The highest BCUT2D eigenvalue weighted by Crippen LogP contribution is 2.26. The Hall–Kier alpha value is -2.80. The number of halogens is 1. The van der Waals surface area contributed by atoms with Gasteiger partial charge in [-0.25, -0.2) is 0 Å². The number of benzene rings is 2. The molecule has 0 unspecified atom stereocenters. The number of hydrogen-bond acceptors (Lipinski definition) is 6. The normalized spacial score (nSPS) is 13.2. The van der Waals surface area contributed by atoms with Crippen molar-refractivity contribution in [1.29, 1.82) is 0 Å². The number of nitrogens with zero attached hydrogens (tertiary/aromatic N) is 4. The number of hydrazone groups is 1. The lowest BCUT2D eigenvalue weighted by Gasteiger charge is -2.27. The van der Waals surface area contributed by atoms with E-state index in [2.05, 4.69) is 10.5 Å². The van der Waals surface area contributed by atoms with Crippen LogP contribution in [0.15, 0.2) is 59.7 Å². The highest BCUT2D eigenvalue weighted by molar-refractivity contribution is 5.86. The Bertz CT molecular complexity index is 690. The number of nitrogens with one attached hydrogen (secondary N) is 1. The summed E-state index contributed by atoms with van der Waals surface area (Å²) in [6.07, 6.45) is 0. The lowest BCUT2D eigenvalue weighted by atomic mass is 10.3. The summed E-state index contributed by atoms with van der Waals surface area (Å²) in [5.74, 6) is 0.734. The number of rotatable bonds is 3. The molecule has 0 saturated heterocycles. The fourth-order valence-electron chi connectivity index (χ4n) is 2.03. The van der Waals surface area contributed by atoms with E-state index in [1.54, 1.807) is 22.4 Å². The van der Waals surface area contributed by atoms with Crippen molar-refractivity contribution in [1.82, 2.24) is 5.43 Å². The molecule has 2 aromatic carbocycles. The standard InChI is InChI=1S/C14H13N5O2.ClH/c1-11-15-17(12-5-3-2-4-6-12)18(16-11)13-7-9-14(10-8-13)19(20)21;/h2-10H,1H3,(H,15,16);1H. The number of amidine groups is 1. The molecule has 7 nitrogen and oxygen atoms in total. The van der Waals surface area contributed by atoms with E-state index in [4.69, 9.17) is 0 Å². The molecule has 0 fully saturated rings. The molecule has 1 aliphatic rings. The summed E-state index contributed by atoms with van der Waals surface area (Å²) in [6.45, 7) is 1.85. The second-order valence-corrected chi connectivity index (χ2v) is 4.51. The van der Waals surface area contributed by atoms with Crippen LogP contribution in [0.1, 0.15) is 6.92 Å². The molecule has 0 aromatic heterocycles. The third-order valence-corrected chi connectivity index (χ3v) is 2.99. The first-order chi connectivity index (χ1) is 10.1. The minimum absolute atomic E-state index is 0. The van der Waals surface area contributed by atoms with E-state index in [0.29, 0.717) is 0 Å². The molecule has 0 amide bonds. The highest BCUT2D eigenvalue weighted by Gasteiger charge is 2.23. The molecule has 1 N–H and O–H groups in total. The van der Waals surface area contributed by atoms with E-state index < -0.39 is 4.92 Å². The van der Waals surface area contributed by atoms with Crippen molar-refractivity contribution in [2.45, 2.75) is 6.92 Å². The van der Waals surface area contributed by atoms with Crippen molar-refractivity contribution >= 4 is 35.3 Å². The number of para-hydroxylation sites is 1. The van der Waals surface area contributed by atoms with Gasteiger partial charge in [0.1, 0.15) is 5.84 Å². The van der Waals surface area contributed by atoms with Crippen LogP contribution < -0.4 is 15.7 Å². The molecule has 0 radical (unpaired) electrons. The Balaban J connectivity index is 0.00000176. The summed E-state index contributed by atoms with van der Waals surface area (Å²) in [5.41, 5.74) is 4.83. The number of non-ortho nitro benzene ring substituents is 1. The number of nitro benzene ring substituents is 1. The van der Waals surface area contributed by atoms with Crippen molar-refractivity contribution in [2.75, 3.05) is 10.2 Å². The van der Waals surface area contributed by atoms with Crippen LogP contribution in [-0.2, 0) is 0 Å². The van der Waals surface area contributed by atoms with Crippen LogP contribution in [-0.4, -0.2) is 10.8 Å². The van der Waals surface area contributed by atoms with Gasteiger partial charge in [0.05, 0.1) is 16.3 Å². The van der Waals surface area contributed by atoms with Crippen LogP contribution in [0.25, 0.3) is 0 Å². The molecule has 3 rings (SSSR count). The SMILES string of the molecule is CC1=NN(c2ccc([N+](=O)[O-])cc2)N(c2ccccc2)N1.Cl. The van der Waals surface area contributed by atoms with E-state index in [1.165, 1.54) is 12.1 Å². The topological polar surface area (TPSA) is 74.0 Å². The smallest absolute Gasteiger partial charge is 0.263 e. The zero-order valence-electron chi connectivity index (χ0n) is 11.7. The van der Waals surface area contributed by atoms with Crippen molar-refractivity contribution in [2.24, 2.45) is 5.10 Å². The third-order valence-electron chi connectivity index (χ3n) is 2.99. The highest BCUT2D eigenvalue weighted by atomic mass is 35.5. The van der Waals surface area contributed by atoms with Gasteiger partial charge in [0.15, 0.2) is 0 Å². The largest absolute Gasteiger partial charge is 0.269 e. The molecule has 2 aromatic rings. The van der Waals surface area contributed by atoms with Crippen LogP contribution in [0.2, 0.25) is 0 Å². The molecule has 114 valence electrons. The monoisotopic (exact) mass is 319 g/mol. The summed E-state index contributed by atoms with van der Waals surface area (Å²) < 4.78 is 0. The number of hydrazine groups is 2. The van der Waals surface area contributed by atoms with Gasteiger partial charge in [0, 0.05) is 12.1 Å². The van der Waals surface area contributed by atoms with E-state index >= 15 is 0 Å². The number of hydrogen-bond donors (Lipinski definition) is 1. The predicted octanol–water partition coefficient (Wildman–Crippen LogP) is 3.10. The Morgan fingerprint density at radius 2 is 1.68 bits per heavy atom. The minimum Gasteiger partial charge on any atom is -0.263 e. The minimum atomic E-state index is -0.421. The molecule has 8 heteroatoms. The van der Waals surface area contributed by atoms with E-state index in [-0.39, 0.29) is 18.1 Å². The molecular weight excluding hydrogens is 306 g/mol. The van der Waals surface area contributed by atoms with Crippen molar-refractivity contribution in [3.63, 3.8) is 0 Å². The van der Waals surface area contributed by atoms with Gasteiger partial charge in [-0.1, -0.05) is 18.2 Å². The lowest BCUT2D eigenvalue weighted by Crippen LogP contribution is -2.44. The Morgan fingerprint density at radius 1 is 1.05 bits per heavy atom. The quantitative estimate of drug-likeness (QED) is 0.695. The van der Waals surface area contributed by atoms with Crippen LogP contribution in [0.5, 0.6) is 0 Å². The van der Waals surface area contributed by atoms with Crippen molar-refractivity contribution < 1.29 is 4.92 Å². The van der Waals surface area contributed by atoms with Gasteiger partial charge in [0.25, 0.3) is 5.69 Å². The molecule has 0 aliphatic carbocycles. The van der Waals surface area contributed by atoms with Crippen molar-refractivity contribution in [3.05, 3.63) is 64.7 Å². The zero-order chi connectivity index (χ0) is 14.8. The van der Waals surface area contributed by atoms with Gasteiger partial charge < -0.3 is 0 Å². The lowest BCUT2D eigenvalue weighted by molar-refractivity contribution is -0.384. The fraction of sp³-hybridized carbons (Fsp3) is 0.0714. The average Bonchev–Trinajstić information content (AvgIpc) is 2.90. The molecule has 0 atom stereocenters. The van der Waals surface area contributed by atoms with Gasteiger partial charge in [0.2, 0.25) is 0 Å². The Kier molecular flexibility index (Phi) is 4.47. The summed E-state index contributed by atoms with van der Waals surface area (Å²) >= 11 is 0.